The van der Waals surface area contributed by atoms with E-state index in [1.54, 1.807) is 17.1 Å². The summed E-state index contributed by atoms with van der Waals surface area (Å²) in [4.78, 5) is 0. The molecule has 3 aliphatic rings. The van der Waals surface area contributed by atoms with Crippen molar-refractivity contribution in [3.05, 3.63) is 35.3 Å². The molecule has 0 aromatic carbocycles. The van der Waals surface area contributed by atoms with Crippen LogP contribution in [0.2, 0.25) is 0 Å². The number of hydrogen-bond donors (Lipinski definition) is 0. The van der Waals surface area contributed by atoms with Gasteiger partial charge in [0.2, 0.25) is 0 Å². The summed E-state index contributed by atoms with van der Waals surface area (Å²) in [5.74, 6) is 0. The standard InChI is InChI=1S/C37H66N.ClH/c1-38(35-29-23-17-11-5-2-6-12-18-24-30-35,36-31-25-19-13-7-3-8-14-20-26-32-36)37-33-27-21-15-9-4-10-16-22-28-34-37;/h29,31,33H,2-28,30,32,34H2,1H3;1H/q+1;/p-1. The Morgan fingerprint density at radius 1 is 0.333 bits per heavy atom. The van der Waals surface area contributed by atoms with Crippen LogP contribution in [0.25, 0.3) is 0 Å². The molecule has 3 aliphatic carbocycles. The van der Waals surface area contributed by atoms with Crippen molar-refractivity contribution in [2.24, 2.45) is 0 Å². The number of nitrogens with zero attached hydrogens (tertiary/aromatic N) is 1. The van der Waals surface area contributed by atoms with Gasteiger partial charge in [-0.15, -0.1) is 0 Å². The predicted octanol–water partition coefficient (Wildman–Crippen LogP) is 9.83. The third kappa shape index (κ3) is 13.3. The zero-order valence-electron chi connectivity index (χ0n) is 26.3. The van der Waals surface area contributed by atoms with E-state index in [1.807, 2.05) is 0 Å². The third-order valence-corrected chi connectivity index (χ3v) is 10.0. The molecule has 226 valence electrons. The van der Waals surface area contributed by atoms with Crippen molar-refractivity contribution in [2.45, 2.75) is 193 Å². The highest BCUT2D eigenvalue weighted by Gasteiger charge is 2.36. The average molecular weight is 560 g/mol. The van der Waals surface area contributed by atoms with Crippen LogP contribution in [0.3, 0.4) is 0 Å². The molecule has 0 spiro atoms. The van der Waals surface area contributed by atoms with E-state index in [-0.39, 0.29) is 12.4 Å². The second-order valence-corrected chi connectivity index (χ2v) is 13.2. The minimum Gasteiger partial charge on any atom is -1.00 e. The van der Waals surface area contributed by atoms with Crippen molar-refractivity contribution < 1.29 is 16.9 Å². The third-order valence-electron chi connectivity index (χ3n) is 10.0. The van der Waals surface area contributed by atoms with Gasteiger partial charge in [0.05, 0.1) is 7.05 Å². The van der Waals surface area contributed by atoms with Gasteiger partial charge in [-0.05, 0) is 76.0 Å². The highest BCUT2D eigenvalue weighted by molar-refractivity contribution is 5.12. The fraction of sp³-hybridized carbons (Fsp3) is 0.838. The molecule has 0 unspecified atom stereocenters. The van der Waals surface area contributed by atoms with Gasteiger partial charge in [-0.3, -0.25) is 0 Å². The lowest BCUT2D eigenvalue weighted by atomic mass is 9.95. The molecular formula is C37H66ClN. The van der Waals surface area contributed by atoms with Crippen LogP contribution in [0.4, 0.5) is 0 Å². The lowest BCUT2D eigenvalue weighted by Gasteiger charge is -2.40. The van der Waals surface area contributed by atoms with Gasteiger partial charge in [0.15, 0.2) is 0 Å². The molecule has 0 heterocycles. The monoisotopic (exact) mass is 559 g/mol. The lowest BCUT2D eigenvalue weighted by molar-refractivity contribution is -0.799. The summed E-state index contributed by atoms with van der Waals surface area (Å²) in [5, 5.41) is 0. The van der Waals surface area contributed by atoms with Crippen molar-refractivity contribution in [1.29, 1.82) is 0 Å². The predicted molar refractivity (Wildman–Crippen MR) is 169 cm³/mol. The van der Waals surface area contributed by atoms with Crippen LogP contribution >= 0.6 is 0 Å². The Labute approximate surface area is 251 Å². The molecule has 0 aromatic rings. The van der Waals surface area contributed by atoms with E-state index < -0.39 is 0 Å². The first-order valence-electron chi connectivity index (χ1n) is 17.8. The van der Waals surface area contributed by atoms with Gasteiger partial charge in [-0.25, -0.2) is 4.48 Å². The topological polar surface area (TPSA) is 0 Å². The molecule has 0 fully saturated rings. The van der Waals surface area contributed by atoms with E-state index in [4.69, 9.17) is 0 Å². The summed E-state index contributed by atoms with van der Waals surface area (Å²) < 4.78 is 1.08. The summed E-state index contributed by atoms with van der Waals surface area (Å²) in [6.45, 7) is 0. The van der Waals surface area contributed by atoms with Crippen LogP contribution in [0.15, 0.2) is 35.3 Å². The minimum atomic E-state index is 0. The van der Waals surface area contributed by atoms with E-state index >= 15 is 0 Å². The Morgan fingerprint density at radius 2 is 0.538 bits per heavy atom. The molecule has 0 amide bonds. The van der Waals surface area contributed by atoms with Crippen LogP contribution in [0.5, 0.6) is 0 Å². The number of allylic oxidation sites excluding steroid dienone is 6. The molecule has 0 N–H and O–H groups in total. The zero-order valence-corrected chi connectivity index (χ0v) is 27.0. The molecule has 0 saturated heterocycles. The Balaban J connectivity index is 0.00000533. The highest BCUT2D eigenvalue weighted by Crippen LogP contribution is 2.40. The largest absolute Gasteiger partial charge is 1.00 e. The van der Waals surface area contributed by atoms with Crippen LogP contribution in [-0.2, 0) is 0 Å². The first-order chi connectivity index (χ1) is 18.8. The molecule has 0 atom stereocenters. The number of quaternary nitrogens is 1. The quantitative estimate of drug-likeness (QED) is 0.302. The van der Waals surface area contributed by atoms with E-state index in [1.165, 1.54) is 193 Å². The van der Waals surface area contributed by atoms with Crippen molar-refractivity contribution in [3.8, 4) is 0 Å². The van der Waals surface area contributed by atoms with Gasteiger partial charge in [0, 0.05) is 19.3 Å². The normalized spacial score (nSPS) is 25.0. The van der Waals surface area contributed by atoms with E-state index in [2.05, 4.69) is 25.3 Å². The maximum absolute atomic E-state index is 2.76. The summed E-state index contributed by atoms with van der Waals surface area (Å²) in [6.07, 6.45) is 50.5. The second-order valence-electron chi connectivity index (χ2n) is 13.2. The first-order valence-corrected chi connectivity index (χ1v) is 17.8. The van der Waals surface area contributed by atoms with Gasteiger partial charge in [-0.1, -0.05) is 116 Å². The molecule has 1 nitrogen and oxygen atoms in total. The molecule has 0 radical (unpaired) electrons. The van der Waals surface area contributed by atoms with Gasteiger partial charge in [0.25, 0.3) is 0 Å². The first kappa shape index (κ1) is 34.7. The van der Waals surface area contributed by atoms with Crippen LogP contribution in [0, 0.1) is 0 Å². The van der Waals surface area contributed by atoms with E-state index in [0.29, 0.717) is 0 Å². The smallest absolute Gasteiger partial charge is 0.114 e. The number of halogens is 1. The van der Waals surface area contributed by atoms with Crippen LogP contribution < -0.4 is 12.4 Å². The van der Waals surface area contributed by atoms with Gasteiger partial charge < -0.3 is 12.4 Å². The Kier molecular flexibility index (Phi) is 19.7. The van der Waals surface area contributed by atoms with E-state index in [0.717, 1.165) is 4.48 Å². The SMILES string of the molecule is C[N+](C1=CCCCCCCCCCC1)(C1=CCCCCCCCCCC1)C1=CCCCCCCCCCC1.[Cl-]. The highest BCUT2D eigenvalue weighted by atomic mass is 35.5. The second kappa shape index (κ2) is 22.1. The Morgan fingerprint density at radius 3 is 0.795 bits per heavy atom. The van der Waals surface area contributed by atoms with E-state index in [9.17, 15) is 0 Å². The maximum Gasteiger partial charge on any atom is 0.114 e. The summed E-state index contributed by atoms with van der Waals surface area (Å²) in [6, 6.07) is 0. The molecule has 0 aliphatic heterocycles. The molecular weight excluding hydrogens is 494 g/mol. The van der Waals surface area contributed by atoms with Gasteiger partial charge >= 0.3 is 0 Å². The number of rotatable bonds is 3. The zero-order chi connectivity index (χ0) is 26.6. The molecule has 0 saturated carbocycles. The molecule has 0 aromatic heterocycles. The molecule has 2 heteroatoms. The summed E-state index contributed by atoms with van der Waals surface area (Å²) in [5.41, 5.74) is 5.30. The average Bonchev–Trinajstić information content (AvgIpc) is 2.89. The lowest BCUT2D eigenvalue weighted by Crippen LogP contribution is -3.00. The molecule has 3 rings (SSSR count). The van der Waals surface area contributed by atoms with Crippen LogP contribution in [0.1, 0.15) is 193 Å². The Bertz CT molecular complexity index is 609. The van der Waals surface area contributed by atoms with Gasteiger partial charge in [-0.2, -0.15) is 0 Å². The maximum atomic E-state index is 2.76. The van der Waals surface area contributed by atoms with Crippen molar-refractivity contribution in [3.63, 3.8) is 0 Å². The van der Waals surface area contributed by atoms with Crippen LogP contribution in [-0.4, -0.2) is 11.5 Å². The van der Waals surface area contributed by atoms with Gasteiger partial charge in [0.1, 0.15) is 17.1 Å². The Hall–Kier alpha value is -0.530. The van der Waals surface area contributed by atoms with Crippen molar-refractivity contribution in [2.75, 3.05) is 7.05 Å². The summed E-state index contributed by atoms with van der Waals surface area (Å²) in [7, 11) is 2.66. The molecule has 0 bridgehead atoms. The fourth-order valence-corrected chi connectivity index (χ4v) is 7.42. The van der Waals surface area contributed by atoms with Crippen molar-refractivity contribution >= 4 is 0 Å². The fourth-order valence-electron chi connectivity index (χ4n) is 7.42. The summed E-state index contributed by atoms with van der Waals surface area (Å²) >= 11 is 0. The molecule has 39 heavy (non-hydrogen) atoms. The van der Waals surface area contributed by atoms with Crippen molar-refractivity contribution in [1.82, 2.24) is 0 Å². The minimum absolute atomic E-state index is 0. The number of hydrogen-bond acceptors (Lipinski definition) is 0.